The van der Waals surface area contributed by atoms with E-state index < -0.39 is 29.6 Å². The molecule has 0 saturated heterocycles. The predicted octanol–water partition coefficient (Wildman–Crippen LogP) is 6.35. The fourth-order valence-electron chi connectivity index (χ4n) is 4.77. The number of Topliss-reactive ketones (excluding diaryl/α,β-unsaturated/α-hetero) is 1. The lowest BCUT2D eigenvalue weighted by Crippen LogP contribution is -2.32. The third-order valence-corrected chi connectivity index (χ3v) is 6.80. The second-order valence-electron chi connectivity index (χ2n) is 8.58. The Labute approximate surface area is 209 Å². The Hall–Kier alpha value is -3.62. The molecule has 9 heteroatoms. The number of aromatic nitrogens is 2. The highest BCUT2D eigenvalue weighted by molar-refractivity contribution is 6.33. The molecule has 5 nitrogen and oxygen atoms in total. The molecule has 0 spiro atoms. The zero-order valence-electron chi connectivity index (χ0n) is 19.0. The average Bonchev–Trinajstić information content (AvgIpc) is 3.26. The topological polar surface area (TPSA) is 63.2 Å². The zero-order valence-corrected chi connectivity index (χ0v) is 19.7. The molecule has 0 N–H and O–H groups in total. The van der Waals surface area contributed by atoms with E-state index in [1.165, 1.54) is 12.1 Å². The molecular weight excluding hydrogens is 491 g/mol. The third-order valence-electron chi connectivity index (χ3n) is 6.47. The van der Waals surface area contributed by atoms with Gasteiger partial charge in [0.15, 0.2) is 6.29 Å². The summed E-state index contributed by atoms with van der Waals surface area (Å²) in [4.78, 5) is 35.1. The van der Waals surface area contributed by atoms with Gasteiger partial charge in [0.2, 0.25) is 5.78 Å². The molecule has 4 aromatic rings. The van der Waals surface area contributed by atoms with Crippen LogP contribution in [0.2, 0.25) is 5.02 Å². The van der Waals surface area contributed by atoms with Gasteiger partial charge in [0, 0.05) is 12.1 Å². The molecule has 0 bridgehead atoms. The Balaban J connectivity index is 1.74. The van der Waals surface area contributed by atoms with Gasteiger partial charge in [0.1, 0.15) is 11.6 Å². The predicted molar refractivity (Wildman–Crippen MR) is 129 cm³/mol. The summed E-state index contributed by atoms with van der Waals surface area (Å²) in [6, 6.07) is 16.3. The summed E-state index contributed by atoms with van der Waals surface area (Å²) in [7, 11) is 0. The standard InChI is InChI=1S/C27H19ClF3N3O2/c1-15(34-13-16-7-2-3-8-17(16)26(34)22(36)14-35)23-24(18-9-4-5-11-20(18)28)33-25-19(27(29,30)31)10-6-12-21(25)32-23/h2-12,14-15,26H,13H2,1H3. The number of alkyl halides is 3. The Morgan fingerprint density at radius 1 is 1.06 bits per heavy atom. The van der Waals surface area contributed by atoms with Crippen LogP contribution in [0.25, 0.3) is 22.3 Å². The van der Waals surface area contributed by atoms with Crippen molar-refractivity contribution in [1.82, 2.24) is 14.9 Å². The Morgan fingerprint density at radius 2 is 1.78 bits per heavy atom. The second-order valence-corrected chi connectivity index (χ2v) is 8.99. The number of benzene rings is 3. The van der Waals surface area contributed by atoms with Crippen molar-refractivity contribution in [3.8, 4) is 11.3 Å². The molecule has 1 aliphatic heterocycles. The van der Waals surface area contributed by atoms with E-state index in [0.29, 0.717) is 34.7 Å². The number of carbonyl (C=O) groups is 2. The van der Waals surface area contributed by atoms with Gasteiger partial charge in [0.25, 0.3) is 0 Å². The third kappa shape index (κ3) is 4.06. The first kappa shape index (κ1) is 24.1. The quantitative estimate of drug-likeness (QED) is 0.231. The Kier molecular flexibility index (Phi) is 6.10. The van der Waals surface area contributed by atoms with Crippen LogP contribution in [0.1, 0.15) is 41.4 Å². The molecule has 0 aliphatic carbocycles. The molecule has 2 heterocycles. The SMILES string of the molecule is CC(c1nc2cccc(C(F)(F)F)c2nc1-c1ccccc1Cl)N1Cc2ccccc2C1C(=O)C=O. The highest BCUT2D eigenvalue weighted by Gasteiger charge is 2.40. The summed E-state index contributed by atoms with van der Waals surface area (Å²) in [5, 5.41) is 0.300. The van der Waals surface area contributed by atoms with Crippen molar-refractivity contribution in [3.63, 3.8) is 0 Å². The molecule has 2 unspecified atom stereocenters. The molecule has 1 aromatic heterocycles. The summed E-state index contributed by atoms with van der Waals surface area (Å²) < 4.78 is 41.4. The normalized spacial score (nSPS) is 16.6. The minimum Gasteiger partial charge on any atom is -0.295 e. The summed E-state index contributed by atoms with van der Waals surface area (Å²) in [6.07, 6.45) is -4.33. The van der Waals surface area contributed by atoms with E-state index in [0.717, 1.165) is 11.6 Å². The van der Waals surface area contributed by atoms with E-state index >= 15 is 0 Å². The lowest BCUT2D eigenvalue weighted by molar-refractivity contribution is -0.136. The van der Waals surface area contributed by atoms with Crippen LogP contribution < -0.4 is 0 Å². The van der Waals surface area contributed by atoms with Crippen LogP contribution in [-0.2, 0) is 22.3 Å². The summed E-state index contributed by atoms with van der Waals surface area (Å²) >= 11 is 6.45. The summed E-state index contributed by atoms with van der Waals surface area (Å²) in [6.45, 7) is 2.15. The fourth-order valence-corrected chi connectivity index (χ4v) is 5.00. The maximum absolute atomic E-state index is 13.8. The fraction of sp³-hybridized carbons (Fsp3) is 0.185. The van der Waals surface area contributed by atoms with Gasteiger partial charge >= 0.3 is 6.18 Å². The molecule has 1 aliphatic rings. The molecule has 2 atom stereocenters. The van der Waals surface area contributed by atoms with Crippen LogP contribution in [0.3, 0.4) is 0 Å². The molecule has 36 heavy (non-hydrogen) atoms. The number of halogens is 4. The van der Waals surface area contributed by atoms with Gasteiger partial charge in [-0.3, -0.25) is 14.5 Å². The van der Waals surface area contributed by atoms with Crippen molar-refractivity contribution in [2.75, 3.05) is 0 Å². The van der Waals surface area contributed by atoms with Gasteiger partial charge in [-0.2, -0.15) is 13.2 Å². The van der Waals surface area contributed by atoms with Crippen LogP contribution in [-0.4, -0.2) is 26.9 Å². The van der Waals surface area contributed by atoms with Gasteiger partial charge in [0.05, 0.1) is 33.5 Å². The van der Waals surface area contributed by atoms with Crippen LogP contribution in [0.4, 0.5) is 13.2 Å². The molecule has 0 amide bonds. The number of aldehydes is 1. The zero-order chi connectivity index (χ0) is 25.6. The minimum absolute atomic E-state index is 0.0671. The van der Waals surface area contributed by atoms with Gasteiger partial charge in [-0.1, -0.05) is 60.1 Å². The maximum atomic E-state index is 13.8. The molecule has 0 fully saturated rings. The van der Waals surface area contributed by atoms with Crippen molar-refractivity contribution >= 4 is 34.7 Å². The van der Waals surface area contributed by atoms with E-state index in [9.17, 15) is 22.8 Å². The highest BCUT2D eigenvalue weighted by atomic mass is 35.5. The van der Waals surface area contributed by atoms with Crippen molar-refractivity contribution in [2.24, 2.45) is 0 Å². The number of rotatable bonds is 5. The van der Waals surface area contributed by atoms with Gasteiger partial charge < -0.3 is 0 Å². The first-order valence-corrected chi connectivity index (χ1v) is 11.5. The monoisotopic (exact) mass is 509 g/mol. The summed E-state index contributed by atoms with van der Waals surface area (Å²) in [5.41, 5.74) is 1.44. The molecular formula is C27H19ClF3N3O2. The number of para-hydroxylation sites is 1. The Bertz CT molecular complexity index is 1510. The van der Waals surface area contributed by atoms with E-state index in [4.69, 9.17) is 11.6 Å². The van der Waals surface area contributed by atoms with Crippen molar-refractivity contribution < 1.29 is 22.8 Å². The maximum Gasteiger partial charge on any atom is 0.418 e. The van der Waals surface area contributed by atoms with E-state index in [-0.39, 0.29) is 16.7 Å². The van der Waals surface area contributed by atoms with E-state index in [1.807, 2.05) is 17.0 Å². The van der Waals surface area contributed by atoms with Crippen LogP contribution in [0.15, 0.2) is 66.7 Å². The number of carbonyl (C=O) groups excluding carboxylic acids is 2. The highest BCUT2D eigenvalue weighted by Crippen LogP contribution is 2.43. The average molecular weight is 510 g/mol. The molecule has 5 rings (SSSR count). The second kappa shape index (κ2) is 9.11. The van der Waals surface area contributed by atoms with Crippen molar-refractivity contribution in [2.45, 2.75) is 31.7 Å². The molecule has 182 valence electrons. The summed E-state index contributed by atoms with van der Waals surface area (Å²) in [5.74, 6) is -0.612. The number of ketones is 1. The number of fused-ring (bicyclic) bond motifs is 2. The van der Waals surface area contributed by atoms with Crippen LogP contribution >= 0.6 is 11.6 Å². The lowest BCUT2D eigenvalue weighted by atomic mass is 9.99. The Morgan fingerprint density at radius 3 is 2.50 bits per heavy atom. The smallest absolute Gasteiger partial charge is 0.295 e. The van der Waals surface area contributed by atoms with E-state index in [2.05, 4.69) is 9.97 Å². The molecule has 3 aromatic carbocycles. The van der Waals surface area contributed by atoms with Gasteiger partial charge in [-0.05, 0) is 36.2 Å². The van der Waals surface area contributed by atoms with Crippen LogP contribution in [0.5, 0.6) is 0 Å². The number of nitrogens with zero attached hydrogens (tertiary/aromatic N) is 3. The minimum atomic E-state index is -4.63. The number of hydrogen-bond acceptors (Lipinski definition) is 5. The van der Waals surface area contributed by atoms with E-state index in [1.54, 1.807) is 43.3 Å². The van der Waals surface area contributed by atoms with Crippen LogP contribution in [0, 0.1) is 0 Å². The largest absolute Gasteiger partial charge is 0.418 e. The molecule has 0 radical (unpaired) electrons. The first-order chi connectivity index (χ1) is 17.2. The van der Waals surface area contributed by atoms with Crippen molar-refractivity contribution in [3.05, 3.63) is 94.1 Å². The number of hydrogen-bond donors (Lipinski definition) is 0. The van der Waals surface area contributed by atoms with Crippen molar-refractivity contribution in [1.29, 1.82) is 0 Å². The lowest BCUT2D eigenvalue weighted by Gasteiger charge is -2.30. The first-order valence-electron chi connectivity index (χ1n) is 11.2. The van der Waals surface area contributed by atoms with Gasteiger partial charge in [-0.25, -0.2) is 9.97 Å². The molecule has 0 saturated carbocycles. The van der Waals surface area contributed by atoms with Gasteiger partial charge in [-0.15, -0.1) is 0 Å².